The van der Waals surface area contributed by atoms with Crippen molar-refractivity contribution in [2.24, 2.45) is 0 Å². The average molecular weight is 230 g/mol. The molecule has 0 bridgehead atoms. The zero-order valence-corrected chi connectivity index (χ0v) is 8.76. The molecule has 1 unspecified atom stereocenters. The Bertz CT molecular complexity index is 275. The molecule has 2 nitrogen and oxygen atoms in total. The van der Waals surface area contributed by atoms with Crippen LogP contribution in [-0.2, 0) is 4.74 Å². The molecule has 12 heavy (non-hydrogen) atoms. The van der Waals surface area contributed by atoms with Crippen molar-refractivity contribution in [1.82, 2.24) is 0 Å². The maximum Gasteiger partial charge on any atom is 0.0793 e. The SMILES string of the molecule is COC(C)c1ccc(Br)c(N)c1. The summed E-state index contributed by atoms with van der Waals surface area (Å²) in [6.45, 7) is 1.99. The quantitative estimate of drug-likeness (QED) is 0.793. The predicted octanol–water partition coefficient (Wildman–Crippen LogP) is 2.74. The molecule has 0 aliphatic carbocycles. The Morgan fingerprint density at radius 1 is 1.50 bits per heavy atom. The zero-order valence-electron chi connectivity index (χ0n) is 7.17. The third-order valence-corrected chi connectivity index (χ3v) is 2.57. The van der Waals surface area contributed by atoms with Crippen molar-refractivity contribution in [2.45, 2.75) is 13.0 Å². The number of nitrogen functional groups attached to an aromatic ring is 1. The van der Waals surface area contributed by atoms with Crippen molar-refractivity contribution in [1.29, 1.82) is 0 Å². The molecule has 0 aromatic heterocycles. The lowest BCUT2D eigenvalue weighted by Gasteiger charge is -2.10. The highest BCUT2D eigenvalue weighted by Crippen LogP contribution is 2.24. The number of hydrogen-bond donors (Lipinski definition) is 1. The van der Waals surface area contributed by atoms with E-state index in [2.05, 4.69) is 15.9 Å². The number of anilines is 1. The summed E-state index contributed by atoms with van der Waals surface area (Å²) in [4.78, 5) is 0. The number of nitrogens with two attached hydrogens (primary N) is 1. The van der Waals surface area contributed by atoms with E-state index in [9.17, 15) is 0 Å². The molecule has 66 valence electrons. The molecule has 0 aliphatic rings. The predicted molar refractivity (Wildman–Crippen MR) is 54.0 cm³/mol. The molecular formula is C9H12BrNO. The minimum Gasteiger partial charge on any atom is -0.398 e. The second-order valence-corrected chi connectivity index (χ2v) is 3.51. The molecule has 0 aliphatic heterocycles. The molecule has 0 saturated carbocycles. The molecule has 1 rings (SSSR count). The molecule has 0 radical (unpaired) electrons. The molecule has 0 amide bonds. The lowest BCUT2D eigenvalue weighted by Crippen LogP contribution is -1.97. The van der Waals surface area contributed by atoms with Gasteiger partial charge in [-0.1, -0.05) is 6.07 Å². The van der Waals surface area contributed by atoms with Gasteiger partial charge < -0.3 is 10.5 Å². The van der Waals surface area contributed by atoms with Gasteiger partial charge in [0.1, 0.15) is 0 Å². The molecule has 3 heteroatoms. The number of rotatable bonds is 2. The van der Waals surface area contributed by atoms with Crippen molar-refractivity contribution in [3.05, 3.63) is 28.2 Å². The van der Waals surface area contributed by atoms with Gasteiger partial charge in [0.25, 0.3) is 0 Å². The van der Waals surface area contributed by atoms with E-state index in [0.29, 0.717) is 0 Å². The number of ether oxygens (including phenoxy) is 1. The van der Waals surface area contributed by atoms with Gasteiger partial charge in [-0.15, -0.1) is 0 Å². The normalized spacial score (nSPS) is 12.9. The Balaban J connectivity index is 2.96. The van der Waals surface area contributed by atoms with E-state index in [1.54, 1.807) is 7.11 Å². The van der Waals surface area contributed by atoms with Crippen LogP contribution >= 0.6 is 15.9 Å². The van der Waals surface area contributed by atoms with E-state index in [-0.39, 0.29) is 6.10 Å². The summed E-state index contributed by atoms with van der Waals surface area (Å²) in [5.74, 6) is 0. The van der Waals surface area contributed by atoms with Crippen LogP contribution in [0.25, 0.3) is 0 Å². The van der Waals surface area contributed by atoms with Crippen LogP contribution in [0.3, 0.4) is 0 Å². The van der Waals surface area contributed by atoms with Crippen LogP contribution in [0.5, 0.6) is 0 Å². The van der Waals surface area contributed by atoms with Gasteiger partial charge >= 0.3 is 0 Å². The summed E-state index contributed by atoms with van der Waals surface area (Å²) in [7, 11) is 1.68. The first-order chi connectivity index (χ1) is 5.65. The monoisotopic (exact) mass is 229 g/mol. The van der Waals surface area contributed by atoms with Crippen LogP contribution in [0.15, 0.2) is 22.7 Å². The Morgan fingerprint density at radius 3 is 2.67 bits per heavy atom. The summed E-state index contributed by atoms with van der Waals surface area (Å²) < 4.78 is 6.09. The molecule has 2 N–H and O–H groups in total. The van der Waals surface area contributed by atoms with Gasteiger partial charge in [0, 0.05) is 17.3 Å². The van der Waals surface area contributed by atoms with Gasteiger partial charge in [0.2, 0.25) is 0 Å². The van der Waals surface area contributed by atoms with Crippen molar-refractivity contribution < 1.29 is 4.74 Å². The number of hydrogen-bond acceptors (Lipinski definition) is 2. The summed E-state index contributed by atoms with van der Waals surface area (Å²) in [6.07, 6.45) is 0.0976. The molecule has 0 spiro atoms. The van der Waals surface area contributed by atoms with Crippen molar-refractivity contribution in [2.75, 3.05) is 12.8 Å². The Labute approximate surface area is 80.8 Å². The number of benzene rings is 1. The van der Waals surface area contributed by atoms with Gasteiger partial charge in [0.05, 0.1) is 6.10 Å². The van der Waals surface area contributed by atoms with Crippen molar-refractivity contribution in [3.8, 4) is 0 Å². The van der Waals surface area contributed by atoms with Crippen LogP contribution < -0.4 is 5.73 Å². The van der Waals surface area contributed by atoms with Crippen LogP contribution in [-0.4, -0.2) is 7.11 Å². The largest absolute Gasteiger partial charge is 0.398 e. The maximum absolute atomic E-state index is 5.71. The number of methoxy groups -OCH3 is 1. The third kappa shape index (κ3) is 1.99. The summed E-state index contributed by atoms with van der Waals surface area (Å²) in [5.41, 5.74) is 7.55. The standard InChI is InChI=1S/C9H12BrNO/c1-6(12-2)7-3-4-8(10)9(11)5-7/h3-6H,11H2,1-2H3. The van der Waals surface area contributed by atoms with Gasteiger partial charge in [0.15, 0.2) is 0 Å². The molecule has 1 aromatic rings. The van der Waals surface area contributed by atoms with E-state index in [1.807, 2.05) is 25.1 Å². The molecular weight excluding hydrogens is 218 g/mol. The third-order valence-electron chi connectivity index (χ3n) is 1.84. The van der Waals surface area contributed by atoms with Gasteiger partial charge in [-0.3, -0.25) is 0 Å². The van der Waals surface area contributed by atoms with E-state index in [0.717, 1.165) is 15.7 Å². The fourth-order valence-electron chi connectivity index (χ4n) is 0.951. The van der Waals surface area contributed by atoms with Crippen LogP contribution in [0.1, 0.15) is 18.6 Å². The Kier molecular flexibility index (Phi) is 3.12. The topological polar surface area (TPSA) is 35.2 Å². The van der Waals surface area contributed by atoms with Gasteiger partial charge in [-0.2, -0.15) is 0 Å². The second-order valence-electron chi connectivity index (χ2n) is 2.66. The first-order valence-electron chi connectivity index (χ1n) is 3.73. The van der Waals surface area contributed by atoms with Gasteiger partial charge in [-0.05, 0) is 40.5 Å². The van der Waals surface area contributed by atoms with Crippen LogP contribution in [0, 0.1) is 0 Å². The van der Waals surface area contributed by atoms with E-state index in [4.69, 9.17) is 10.5 Å². The highest BCUT2D eigenvalue weighted by Gasteiger charge is 2.04. The van der Waals surface area contributed by atoms with Gasteiger partial charge in [-0.25, -0.2) is 0 Å². The zero-order chi connectivity index (χ0) is 9.14. The minimum absolute atomic E-state index is 0.0976. The van der Waals surface area contributed by atoms with E-state index >= 15 is 0 Å². The van der Waals surface area contributed by atoms with Crippen LogP contribution in [0.2, 0.25) is 0 Å². The lowest BCUT2D eigenvalue weighted by atomic mass is 10.1. The Hall–Kier alpha value is -0.540. The molecule has 1 aromatic carbocycles. The lowest BCUT2D eigenvalue weighted by molar-refractivity contribution is 0.119. The molecule has 0 fully saturated rings. The van der Waals surface area contributed by atoms with E-state index in [1.165, 1.54) is 0 Å². The fraction of sp³-hybridized carbons (Fsp3) is 0.333. The summed E-state index contributed by atoms with van der Waals surface area (Å²) in [6, 6.07) is 5.84. The Morgan fingerprint density at radius 2 is 2.17 bits per heavy atom. The van der Waals surface area contributed by atoms with E-state index < -0.39 is 0 Å². The first-order valence-corrected chi connectivity index (χ1v) is 4.52. The van der Waals surface area contributed by atoms with Crippen LogP contribution in [0.4, 0.5) is 5.69 Å². The molecule has 1 atom stereocenters. The molecule has 0 saturated heterocycles. The fourth-order valence-corrected chi connectivity index (χ4v) is 1.20. The summed E-state index contributed by atoms with van der Waals surface area (Å²) in [5, 5.41) is 0. The van der Waals surface area contributed by atoms with Crippen molar-refractivity contribution in [3.63, 3.8) is 0 Å². The number of halogens is 1. The second kappa shape index (κ2) is 3.92. The average Bonchev–Trinajstić information content (AvgIpc) is 2.08. The highest BCUT2D eigenvalue weighted by molar-refractivity contribution is 9.10. The van der Waals surface area contributed by atoms with Crippen molar-refractivity contribution >= 4 is 21.6 Å². The summed E-state index contributed by atoms with van der Waals surface area (Å²) >= 11 is 3.33. The first kappa shape index (κ1) is 9.55. The smallest absolute Gasteiger partial charge is 0.0793 e. The highest BCUT2D eigenvalue weighted by atomic mass is 79.9. The minimum atomic E-state index is 0.0976. The maximum atomic E-state index is 5.71. The molecule has 0 heterocycles.